The van der Waals surface area contributed by atoms with E-state index in [1.807, 2.05) is 42.7 Å². The highest BCUT2D eigenvalue weighted by Gasteiger charge is 2.17. The lowest BCUT2D eigenvalue weighted by Gasteiger charge is -2.12. The number of hydrogen-bond acceptors (Lipinski definition) is 4. The smallest absolute Gasteiger partial charge is 0.319 e. The highest BCUT2D eigenvalue weighted by atomic mass is 32.2. The maximum Gasteiger partial charge on any atom is 0.319 e. The van der Waals surface area contributed by atoms with Gasteiger partial charge in [-0.3, -0.25) is 0 Å². The molecule has 31 heavy (non-hydrogen) atoms. The number of aryl methyl sites for hydroxylation is 2. The Bertz CT molecular complexity index is 1190. The summed E-state index contributed by atoms with van der Waals surface area (Å²) in [4.78, 5) is 17.0. The first-order valence-corrected chi connectivity index (χ1v) is 11.8. The summed E-state index contributed by atoms with van der Waals surface area (Å²) in [6.07, 6.45) is 0.834. The second-order valence-corrected chi connectivity index (χ2v) is 9.34. The first-order chi connectivity index (χ1) is 14.7. The third-order valence-corrected chi connectivity index (χ3v) is 6.54. The molecule has 0 saturated heterocycles. The van der Waals surface area contributed by atoms with Gasteiger partial charge in [-0.25, -0.2) is 22.9 Å². The van der Waals surface area contributed by atoms with Gasteiger partial charge >= 0.3 is 6.03 Å². The largest absolute Gasteiger partial charge is 0.336 e. The van der Waals surface area contributed by atoms with Crippen LogP contribution in [0.4, 0.5) is 10.5 Å². The van der Waals surface area contributed by atoms with Crippen LogP contribution in [-0.4, -0.2) is 36.6 Å². The third-order valence-electron chi connectivity index (χ3n) is 4.88. The van der Waals surface area contributed by atoms with Crippen molar-refractivity contribution in [3.8, 4) is 0 Å². The molecular formula is C22H29N5O3S. The van der Waals surface area contributed by atoms with Crippen molar-refractivity contribution in [3.63, 3.8) is 0 Å². The molecule has 0 saturated carbocycles. The van der Waals surface area contributed by atoms with Crippen LogP contribution >= 0.6 is 0 Å². The van der Waals surface area contributed by atoms with Gasteiger partial charge in [0.15, 0.2) is 0 Å². The van der Waals surface area contributed by atoms with Gasteiger partial charge in [-0.1, -0.05) is 25.1 Å². The van der Waals surface area contributed by atoms with Crippen LogP contribution in [0.2, 0.25) is 0 Å². The van der Waals surface area contributed by atoms with Gasteiger partial charge in [0.25, 0.3) is 0 Å². The van der Waals surface area contributed by atoms with Gasteiger partial charge in [0, 0.05) is 24.8 Å². The average molecular weight is 444 g/mol. The summed E-state index contributed by atoms with van der Waals surface area (Å²) in [5, 5.41) is 5.75. The molecule has 0 fully saturated rings. The molecule has 0 spiro atoms. The molecular weight excluding hydrogens is 414 g/mol. The van der Waals surface area contributed by atoms with E-state index in [9.17, 15) is 13.2 Å². The minimum Gasteiger partial charge on any atom is -0.336 e. The highest BCUT2D eigenvalue weighted by molar-refractivity contribution is 7.89. The quantitative estimate of drug-likeness (QED) is 0.496. The standard InChI is InChI=1S/C22H29N5O3S/c1-5-17-8-6-7-9-19(17)25-22(28)23-12-13-27-16(4)24-20-14-18(10-11-21(20)27)31(29,30)26-15(2)3/h6-11,14-15,26H,5,12-13H2,1-4H3,(H2,23,25,28). The molecule has 0 atom stereocenters. The van der Waals surface area contributed by atoms with Gasteiger partial charge < -0.3 is 15.2 Å². The lowest BCUT2D eigenvalue weighted by Crippen LogP contribution is -2.32. The molecule has 0 aliphatic carbocycles. The fourth-order valence-electron chi connectivity index (χ4n) is 3.46. The van der Waals surface area contributed by atoms with Gasteiger partial charge in [-0.05, 0) is 57.0 Å². The summed E-state index contributed by atoms with van der Waals surface area (Å²) >= 11 is 0. The monoisotopic (exact) mass is 443 g/mol. The first-order valence-electron chi connectivity index (χ1n) is 10.3. The molecule has 3 rings (SSSR count). The van der Waals surface area contributed by atoms with E-state index in [-0.39, 0.29) is 17.0 Å². The van der Waals surface area contributed by atoms with Crippen molar-refractivity contribution in [3.05, 3.63) is 53.9 Å². The van der Waals surface area contributed by atoms with E-state index in [1.165, 1.54) is 0 Å². The predicted octanol–water partition coefficient (Wildman–Crippen LogP) is 3.42. The summed E-state index contributed by atoms with van der Waals surface area (Å²) in [6, 6.07) is 12.1. The molecule has 0 unspecified atom stereocenters. The Labute approximate surface area is 183 Å². The van der Waals surface area contributed by atoms with Crippen molar-refractivity contribution in [1.29, 1.82) is 0 Å². The second-order valence-electron chi connectivity index (χ2n) is 7.63. The summed E-state index contributed by atoms with van der Waals surface area (Å²) in [5.41, 5.74) is 3.30. The zero-order valence-corrected chi connectivity index (χ0v) is 19.1. The number of para-hydroxylation sites is 1. The fourth-order valence-corrected chi connectivity index (χ4v) is 4.73. The maximum absolute atomic E-state index is 12.4. The van der Waals surface area contributed by atoms with Crippen LogP contribution in [0, 0.1) is 6.92 Å². The number of anilines is 1. The van der Waals surface area contributed by atoms with E-state index >= 15 is 0 Å². The molecule has 3 N–H and O–H groups in total. The SMILES string of the molecule is CCc1ccccc1NC(=O)NCCn1c(C)nc2cc(S(=O)(=O)NC(C)C)ccc21. The maximum atomic E-state index is 12.4. The van der Waals surface area contributed by atoms with Crippen molar-refractivity contribution in [1.82, 2.24) is 19.6 Å². The van der Waals surface area contributed by atoms with Gasteiger partial charge in [0.05, 0.1) is 15.9 Å². The minimum absolute atomic E-state index is 0.186. The Morgan fingerprint density at radius 2 is 1.90 bits per heavy atom. The summed E-state index contributed by atoms with van der Waals surface area (Å²) in [7, 11) is -3.58. The second kappa shape index (κ2) is 9.49. The molecule has 0 aliphatic rings. The molecule has 166 valence electrons. The van der Waals surface area contributed by atoms with Crippen molar-refractivity contribution in [2.24, 2.45) is 0 Å². The van der Waals surface area contributed by atoms with Crippen LogP contribution in [0.25, 0.3) is 11.0 Å². The minimum atomic E-state index is -3.58. The summed E-state index contributed by atoms with van der Waals surface area (Å²) in [6.45, 7) is 8.37. The number of urea groups is 1. The number of nitrogens with zero attached hydrogens (tertiary/aromatic N) is 2. The van der Waals surface area contributed by atoms with Gasteiger partial charge in [0.2, 0.25) is 10.0 Å². The first kappa shape index (κ1) is 22.8. The lowest BCUT2D eigenvalue weighted by molar-refractivity contribution is 0.251. The third kappa shape index (κ3) is 5.42. The van der Waals surface area contributed by atoms with Gasteiger partial charge in [-0.2, -0.15) is 0 Å². The van der Waals surface area contributed by atoms with Gasteiger partial charge in [0.1, 0.15) is 5.82 Å². The van der Waals surface area contributed by atoms with Gasteiger partial charge in [-0.15, -0.1) is 0 Å². The Morgan fingerprint density at radius 3 is 2.61 bits per heavy atom. The van der Waals surface area contributed by atoms with Crippen LogP contribution in [0.1, 0.15) is 32.2 Å². The Kier molecular flexibility index (Phi) is 6.97. The molecule has 2 amide bonds. The van der Waals surface area contributed by atoms with E-state index in [2.05, 4.69) is 20.3 Å². The number of sulfonamides is 1. The molecule has 3 aromatic rings. The lowest BCUT2D eigenvalue weighted by atomic mass is 10.1. The number of nitrogens with one attached hydrogen (secondary N) is 3. The molecule has 0 aliphatic heterocycles. The zero-order valence-electron chi connectivity index (χ0n) is 18.3. The molecule has 9 heteroatoms. The number of benzene rings is 2. The van der Waals surface area contributed by atoms with E-state index in [1.54, 1.807) is 32.0 Å². The topological polar surface area (TPSA) is 105 Å². The number of fused-ring (bicyclic) bond motifs is 1. The molecule has 2 aromatic carbocycles. The van der Waals surface area contributed by atoms with Crippen LogP contribution in [-0.2, 0) is 23.0 Å². The van der Waals surface area contributed by atoms with E-state index in [4.69, 9.17) is 0 Å². The summed E-state index contributed by atoms with van der Waals surface area (Å²) < 4.78 is 29.4. The Balaban J connectivity index is 1.68. The number of carbonyl (C=O) groups excluding carboxylic acids is 1. The predicted molar refractivity (Wildman–Crippen MR) is 123 cm³/mol. The van der Waals surface area contributed by atoms with Crippen molar-refractivity contribution < 1.29 is 13.2 Å². The van der Waals surface area contributed by atoms with Crippen LogP contribution in [0.15, 0.2) is 47.4 Å². The number of carbonyl (C=O) groups is 1. The van der Waals surface area contributed by atoms with Crippen LogP contribution < -0.4 is 15.4 Å². The number of rotatable bonds is 8. The van der Waals surface area contributed by atoms with E-state index < -0.39 is 10.0 Å². The Morgan fingerprint density at radius 1 is 1.16 bits per heavy atom. The number of hydrogen-bond donors (Lipinski definition) is 3. The fraction of sp³-hybridized carbons (Fsp3) is 0.364. The molecule has 0 radical (unpaired) electrons. The van der Waals surface area contributed by atoms with Crippen molar-refractivity contribution >= 4 is 32.8 Å². The number of imidazole rings is 1. The van der Waals surface area contributed by atoms with Crippen LogP contribution in [0.3, 0.4) is 0 Å². The zero-order chi connectivity index (χ0) is 22.6. The summed E-state index contributed by atoms with van der Waals surface area (Å²) in [5.74, 6) is 0.750. The average Bonchev–Trinajstić information content (AvgIpc) is 3.02. The molecule has 8 nitrogen and oxygen atoms in total. The van der Waals surface area contributed by atoms with Crippen LogP contribution in [0.5, 0.6) is 0 Å². The molecule has 1 heterocycles. The molecule has 0 bridgehead atoms. The highest BCUT2D eigenvalue weighted by Crippen LogP contribution is 2.20. The Hall–Kier alpha value is -2.91. The van der Waals surface area contributed by atoms with Crippen molar-refractivity contribution in [2.75, 3.05) is 11.9 Å². The molecule has 1 aromatic heterocycles. The van der Waals surface area contributed by atoms with E-state index in [0.717, 1.165) is 29.0 Å². The number of amides is 2. The van der Waals surface area contributed by atoms with Crippen molar-refractivity contribution in [2.45, 2.75) is 51.6 Å². The normalized spacial score (nSPS) is 11.8. The van der Waals surface area contributed by atoms with E-state index in [0.29, 0.717) is 18.6 Å². The number of aromatic nitrogens is 2.